The van der Waals surface area contributed by atoms with Crippen molar-refractivity contribution in [1.82, 2.24) is 10.3 Å². The van der Waals surface area contributed by atoms with Gasteiger partial charge in [0.2, 0.25) is 0 Å². The topological polar surface area (TPSA) is 132 Å². The van der Waals surface area contributed by atoms with Crippen LogP contribution < -0.4 is 5.32 Å². The molecular weight excluding hydrogens is 578 g/mol. The standard InChI is InChI=1S/C34H35N3O6S/c1-23-30(33(38)39)32(28-13-7-15-29(21-28)37(41)42)31(24(2)36-23)34(40)43-17-5-6-18-44-19-9-14-26-11-3-4-12-27(26)20-25-10-8-16-35-22-25/h3-4,7-16,21-22,32,36H,5-6,17-20H2,1-2H3,(H,38,39)/b14-9+. The Balaban J connectivity index is 1.28. The fraction of sp³-hybridized carbons (Fsp3) is 0.265. The molecule has 2 aromatic carbocycles. The van der Waals surface area contributed by atoms with Crippen LogP contribution in [-0.2, 0) is 20.7 Å². The number of dihydropyridines is 1. The summed E-state index contributed by atoms with van der Waals surface area (Å²) in [5.41, 5.74) is 4.67. The summed E-state index contributed by atoms with van der Waals surface area (Å²) < 4.78 is 5.58. The minimum Gasteiger partial charge on any atom is -0.478 e. The number of nitrogens with one attached hydrogen (secondary N) is 1. The molecule has 0 fully saturated rings. The largest absolute Gasteiger partial charge is 0.478 e. The first-order valence-corrected chi connectivity index (χ1v) is 15.5. The Hall–Kier alpha value is -4.70. The zero-order chi connectivity index (χ0) is 31.5. The molecule has 44 heavy (non-hydrogen) atoms. The van der Waals surface area contributed by atoms with E-state index in [1.54, 1.807) is 37.9 Å². The highest BCUT2D eigenvalue weighted by atomic mass is 32.2. The number of benzene rings is 2. The van der Waals surface area contributed by atoms with Crippen LogP contribution in [0, 0.1) is 10.1 Å². The molecule has 0 spiro atoms. The number of carbonyl (C=O) groups is 2. The Kier molecular flexibility index (Phi) is 11.5. The van der Waals surface area contributed by atoms with E-state index >= 15 is 0 Å². The molecule has 228 valence electrons. The third kappa shape index (κ3) is 8.44. The third-order valence-corrected chi connectivity index (χ3v) is 8.23. The first-order valence-electron chi connectivity index (χ1n) is 14.3. The van der Waals surface area contributed by atoms with Crippen LogP contribution in [0.2, 0.25) is 0 Å². The van der Waals surface area contributed by atoms with E-state index < -0.39 is 22.8 Å². The van der Waals surface area contributed by atoms with Crippen molar-refractivity contribution >= 4 is 35.5 Å². The molecule has 1 aliphatic heterocycles. The lowest BCUT2D eigenvalue weighted by Crippen LogP contribution is -2.32. The number of thioether (sulfide) groups is 1. The van der Waals surface area contributed by atoms with Gasteiger partial charge >= 0.3 is 11.9 Å². The molecule has 0 radical (unpaired) electrons. The number of esters is 1. The first kappa shape index (κ1) is 32.2. The summed E-state index contributed by atoms with van der Waals surface area (Å²) in [5.74, 6) is -1.11. The highest BCUT2D eigenvalue weighted by Gasteiger charge is 2.37. The number of allylic oxidation sites excluding steroid dienone is 2. The van der Waals surface area contributed by atoms with Gasteiger partial charge in [-0.1, -0.05) is 54.6 Å². The predicted molar refractivity (Wildman–Crippen MR) is 172 cm³/mol. The van der Waals surface area contributed by atoms with Gasteiger partial charge in [0.1, 0.15) is 0 Å². The number of hydrogen-bond donors (Lipinski definition) is 2. The monoisotopic (exact) mass is 613 g/mol. The number of aliphatic carboxylic acids is 1. The number of ether oxygens (including phenoxy) is 1. The lowest BCUT2D eigenvalue weighted by Gasteiger charge is -2.29. The summed E-state index contributed by atoms with van der Waals surface area (Å²) in [5, 5.41) is 24.3. The van der Waals surface area contributed by atoms with E-state index in [0.29, 0.717) is 23.4 Å². The number of carbonyl (C=O) groups excluding carboxylic acids is 1. The van der Waals surface area contributed by atoms with Gasteiger partial charge in [-0.05, 0) is 67.2 Å². The van der Waals surface area contributed by atoms with Gasteiger partial charge in [0, 0.05) is 41.7 Å². The maximum absolute atomic E-state index is 13.3. The summed E-state index contributed by atoms with van der Waals surface area (Å²) in [4.78, 5) is 40.5. The van der Waals surface area contributed by atoms with Gasteiger partial charge in [0.25, 0.3) is 5.69 Å². The van der Waals surface area contributed by atoms with Crippen molar-refractivity contribution in [3.63, 3.8) is 0 Å². The Morgan fingerprint density at radius 1 is 1.07 bits per heavy atom. The lowest BCUT2D eigenvalue weighted by molar-refractivity contribution is -0.384. The van der Waals surface area contributed by atoms with Crippen LogP contribution in [0.5, 0.6) is 0 Å². The molecule has 0 saturated carbocycles. The van der Waals surface area contributed by atoms with Gasteiger partial charge in [0.15, 0.2) is 0 Å². The fourth-order valence-electron chi connectivity index (χ4n) is 5.15. The highest BCUT2D eigenvalue weighted by molar-refractivity contribution is 7.99. The molecule has 2 heterocycles. The summed E-state index contributed by atoms with van der Waals surface area (Å²) in [6, 6.07) is 18.0. The molecule has 3 aromatic rings. The minimum atomic E-state index is -1.22. The van der Waals surface area contributed by atoms with E-state index in [-0.39, 0.29) is 23.4 Å². The van der Waals surface area contributed by atoms with Gasteiger partial charge < -0.3 is 15.2 Å². The molecular formula is C34H35N3O6S. The Labute approximate surface area is 260 Å². The van der Waals surface area contributed by atoms with E-state index in [2.05, 4.69) is 40.7 Å². The smallest absolute Gasteiger partial charge is 0.336 e. The molecule has 1 aliphatic rings. The Bertz CT molecular complexity index is 1600. The van der Waals surface area contributed by atoms with Crippen LogP contribution in [0.3, 0.4) is 0 Å². The van der Waals surface area contributed by atoms with Crippen molar-refractivity contribution in [3.8, 4) is 0 Å². The molecule has 1 unspecified atom stereocenters. The second-order valence-corrected chi connectivity index (χ2v) is 11.5. The average molecular weight is 614 g/mol. The van der Waals surface area contributed by atoms with Crippen molar-refractivity contribution < 1.29 is 24.4 Å². The third-order valence-electron chi connectivity index (χ3n) is 7.23. The Morgan fingerprint density at radius 3 is 2.61 bits per heavy atom. The number of nitro benzene ring substituents is 1. The van der Waals surface area contributed by atoms with Gasteiger partial charge in [-0.25, -0.2) is 9.59 Å². The number of nitrogens with zero attached hydrogens (tertiary/aromatic N) is 2. The van der Waals surface area contributed by atoms with Gasteiger partial charge in [-0.15, -0.1) is 0 Å². The summed E-state index contributed by atoms with van der Waals surface area (Å²) in [6.45, 7) is 3.46. The SMILES string of the molecule is CC1=C(C(=O)O)C(c2cccc([N+](=O)[O-])c2)C(C(=O)OCCCCSC/C=C/c2ccccc2Cc2cccnc2)=C(C)N1. The summed E-state index contributed by atoms with van der Waals surface area (Å²) in [6.07, 6.45) is 10.3. The van der Waals surface area contributed by atoms with Gasteiger partial charge in [0.05, 0.1) is 28.6 Å². The van der Waals surface area contributed by atoms with Crippen LogP contribution in [0.15, 0.2) is 102 Å². The van der Waals surface area contributed by atoms with Gasteiger partial charge in [-0.3, -0.25) is 15.1 Å². The van der Waals surface area contributed by atoms with Crippen LogP contribution >= 0.6 is 11.8 Å². The molecule has 0 saturated heterocycles. The fourth-order valence-corrected chi connectivity index (χ4v) is 5.96. The number of pyridine rings is 1. The second kappa shape index (κ2) is 15.7. The van der Waals surface area contributed by atoms with Crippen LogP contribution in [0.1, 0.15) is 54.9 Å². The van der Waals surface area contributed by atoms with Gasteiger partial charge in [-0.2, -0.15) is 11.8 Å². The number of carboxylic acid groups (broad SMARTS) is 1. The minimum absolute atomic E-state index is 0.0489. The number of rotatable bonds is 14. The van der Waals surface area contributed by atoms with Crippen LogP contribution in [-0.4, -0.2) is 45.1 Å². The zero-order valence-corrected chi connectivity index (χ0v) is 25.5. The number of non-ortho nitro benzene ring substituents is 1. The molecule has 0 amide bonds. The lowest BCUT2D eigenvalue weighted by atomic mass is 9.80. The second-order valence-electron chi connectivity index (χ2n) is 10.3. The Morgan fingerprint density at radius 2 is 1.86 bits per heavy atom. The van der Waals surface area contributed by atoms with Crippen molar-refractivity contribution in [1.29, 1.82) is 0 Å². The molecule has 10 heteroatoms. The number of aromatic nitrogens is 1. The molecule has 1 atom stereocenters. The van der Waals surface area contributed by atoms with Crippen LogP contribution in [0.25, 0.3) is 6.08 Å². The molecule has 9 nitrogen and oxygen atoms in total. The number of nitro groups is 1. The van der Waals surface area contributed by atoms with E-state index in [9.17, 15) is 24.8 Å². The maximum Gasteiger partial charge on any atom is 0.336 e. The molecule has 1 aromatic heterocycles. The molecule has 0 bridgehead atoms. The number of unbranched alkanes of at least 4 members (excludes halogenated alkanes) is 1. The van der Waals surface area contributed by atoms with E-state index in [4.69, 9.17) is 4.74 Å². The highest BCUT2D eigenvalue weighted by Crippen LogP contribution is 2.39. The maximum atomic E-state index is 13.3. The summed E-state index contributed by atoms with van der Waals surface area (Å²) >= 11 is 1.79. The first-order chi connectivity index (χ1) is 21.3. The van der Waals surface area contributed by atoms with E-state index in [1.165, 1.54) is 34.9 Å². The van der Waals surface area contributed by atoms with Crippen molar-refractivity contribution in [2.24, 2.45) is 0 Å². The predicted octanol–water partition coefficient (Wildman–Crippen LogP) is 6.67. The number of carboxylic acids is 1. The molecule has 2 N–H and O–H groups in total. The number of hydrogen-bond acceptors (Lipinski definition) is 8. The van der Waals surface area contributed by atoms with Crippen molar-refractivity contribution in [2.45, 2.75) is 39.0 Å². The zero-order valence-electron chi connectivity index (χ0n) is 24.7. The van der Waals surface area contributed by atoms with Crippen molar-refractivity contribution in [2.75, 3.05) is 18.1 Å². The quantitative estimate of drug-likeness (QED) is 0.0885. The van der Waals surface area contributed by atoms with E-state index in [0.717, 1.165) is 24.3 Å². The normalized spacial score (nSPS) is 14.9. The van der Waals surface area contributed by atoms with Crippen LogP contribution in [0.4, 0.5) is 5.69 Å². The average Bonchev–Trinajstić information content (AvgIpc) is 3.00. The van der Waals surface area contributed by atoms with E-state index in [1.807, 2.05) is 24.4 Å². The summed E-state index contributed by atoms with van der Waals surface area (Å²) in [7, 11) is 0. The van der Waals surface area contributed by atoms with Crippen molar-refractivity contribution in [3.05, 3.63) is 134 Å². The molecule has 4 rings (SSSR count). The molecule has 0 aliphatic carbocycles.